The van der Waals surface area contributed by atoms with E-state index in [0.717, 1.165) is 10.0 Å². The molecule has 0 saturated carbocycles. The van der Waals surface area contributed by atoms with Crippen LogP contribution in [-0.4, -0.2) is 13.6 Å². The molecule has 1 aromatic carbocycles. The van der Waals surface area contributed by atoms with Crippen molar-refractivity contribution in [3.05, 3.63) is 50.4 Å². The first kappa shape index (κ1) is 14.5. The normalized spacial score (nSPS) is 10.7. The van der Waals surface area contributed by atoms with Crippen LogP contribution < -0.4 is 10.6 Å². The number of rotatable bonds is 5. The maximum absolute atomic E-state index is 14.0. The number of para-hydroxylation sites is 1. The Bertz CT molecular complexity index is 556. The number of hydrogen-bond donors (Lipinski definition) is 1. The average Bonchev–Trinajstić information content (AvgIpc) is 2.75. The lowest BCUT2D eigenvalue weighted by Gasteiger charge is -2.22. The molecule has 0 aliphatic carbocycles. The molecule has 5 heteroatoms. The Labute approximate surface area is 125 Å². The number of halogens is 2. The van der Waals surface area contributed by atoms with Crippen molar-refractivity contribution in [2.75, 3.05) is 18.5 Å². The van der Waals surface area contributed by atoms with Crippen LogP contribution in [0.15, 0.2) is 34.1 Å². The summed E-state index contributed by atoms with van der Waals surface area (Å²) in [4.78, 5) is 3.13. The van der Waals surface area contributed by atoms with Crippen molar-refractivity contribution in [1.29, 1.82) is 0 Å². The molecule has 1 heterocycles. The number of benzene rings is 1. The molecule has 0 fully saturated rings. The molecule has 0 spiro atoms. The van der Waals surface area contributed by atoms with Gasteiger partial charge in [0, 0.05) is 21.8 Å². The zero-order valence-corrected chi connectivity index (χ0v) is 13.1. The van der Waals surface area contributed by atoms with Gasteiger partial charge in [-0.3, -0.25) is 0 Å². The number of nitrogens with zero attached hydrogens (tertiary/aromatic N) is 1. The van der Waals surface area contributed by atoms with Crippen molar-refractivity contribution < 1.29 is 4.39 Å². The molecule has 2 aromatic rings. The second-order valence-corrected chi connectivity index (χ2v) is 6.28. The molecule has 2 rings (SSSR count). The highest BCUT2D eigenvalue weighted by atomic mass is 79.9. The maximum Gasteiger partial charge on any atom is 0.146 e. The molecule has 0 amide bonds. The summed E-state index contributed by atoms with van der Waals surface area (Å²) in [7, 11) is 1.91. The first-order valence-electron chi connectivity index (χ1n) is 6.03. The van der Waals surface area contributed by atoms with E-state index in [1.807, 2.05) is 23.4 Å². The highest BCUT2D eigenvalue weighted by Crippen LogP contribution is 2.27. The summed E-state index contributed by atoms with van der Waals surface area (Å²) in [5, 5.41) is 2.03. The molecular weight excluding hydrogens is 327 g/mol. The van der Waals surface area contributed by atoms with E-state index < -0.39 is 0 Å². The standard InChI is InChI=1S/C14H16BrFN2S/c1-18(8-12-7-11(15)9-19-12)14-10(5-6-17)3-2-4-13(14)16/h2-4,7,9H,5-6,8,17H2,1H3. The largest absolute Gasteiger partial charge is 0.367 e. The van der Waals surface area contributed by atoms with Gasteiger partial charge in [-0.15, -0.1) is 11.3 Å². The van der Waals surface area contributed by atoms with Gasteiger partial charge in [0.05, 0.1) is 12.2 Å². The average molecular weight is 343 g/mol. The van der Waals surface area contributed by atoms with Crippen LogP contribution in [0, 0.1) is 5.82 Å². The van der Waals surface area contributed by atoms with Gasteiger partial charge in [-0.2, -0.15) is 0 Å². The van der Waals surface area contributed by atoms with Crippen LogP contribution in [-0.2, 0) is 13.0 Å². The summed E-state index contributed by atoms with van der Waals surface area (Å²) >= 11 is 5.10. The monoisotopic (exact) mass is 342 g/mol. The van der Waals surface area contributed by atoms with Crippen molar-refractivity contribution in [2.45, 2.75) is 13.0 Å². The molecule has 102 valence electrons. The van der Waals surface area contributed by atoms with Crippen LogP contribution in [0.4, 0.5) is 10.1 Å². The van der Waals surface area contributed by atoms with Crippen LogP contribution in [0.1, 0.15) is 10.4 Å². The van der Waals surface area contributed by atoms with E-state index in [1.54, 1.807) is 17.4 Å². The van der Waals surface area contributed by atoms with E-state index in [4.69, 9.17) is 5.73 Å². The van der Waals surface area contributed by atoms with Crippen LogP contribution in [0.2, 0.25) is 0 Å². The van der Waals surface area contributed by atoms with Gasteiger partial charge in [0.25, 0.3) is 0 Å². The zero-order valence-electron chi connectivity index (χ0n) is 10.7. The van der Waals surface area contributed by atoms with E-state index in [9.17, 15) is 4.39 Å². The van der Waals surface area contributed by atoms with Crippen LogP contribution >= 0.6 is 27.3 Å². The lowest BCUT2D eigenvalue weighted by Crippen LogP contribution is -2.20. The molecule has 0 radical (unpaired) electrons. The highest BCUT2D eigenvalue weighted by Gasteiger charge is 2.13. The Kier molecular flexibility index (Phi) is 4.96. The van der Waals surface area contributed by atoms with Gasteiger partial charge in [0.15, 0.2) is 0 Å². The lowest BCUT2D eigenvalue weighted by molar-refractivity contribution is 0.619. The van der Waals surface area contributed by atoms with E-state index >= 15 is 0 Å². The molecule has 0 unspecified atom stereocenters. The summed E-state index contributed by atoms with van der Waals surface area (Å²) in [5.74, 6) is -0.191. The number of nitrogens with two attached hydrogens (primary N) is 1. The summed E-state index contributed by atoms with van der Waals surface area (Å²) in [6.07, 6.45) is 0.686. The van der Waals surface area contributed by atoms with Crippen molar-refractivity contribution in [2.24, 2.45) is 5.73 Å². The predicted molar refractivity (Wildman–Crippen MR) is 83.3 cm³/mol. The topological polar surface area (TPSA) is 29.3 Å². The summed E-state index contributed by atoms with van der Waals surface area (Å²) in [6, 6.07) is 7.23. The van der Waals surface area contributed by atoms with Crippen molar-refractivity contribution in [3.8, 4) is 0 Å². The summed E-state index contributed by atoms with van der Waals surface area (Å²) in [5.41, 5.74) is 7.20. The molecule has 0 atom stereocenters. The third-order valence-electron chi connectivity index (χ3n) is 2.88. The van der Waals surface area contributed by atoms with Crippen molar-refractivity contribution in [1.82, 2.24) is 0 Å². The first-order valence-corrected chi connectivity index (χ1v) is 7.70. The first-order chi connectivity index (χ1) is 9.11. The van der Waals surface area contributed by atoms with Gasteiger partial charge < -0.3 is 10.6 Å². The fourth-order valence-corrected chi connectivity index (χ4v) is 3.60. The molecule has 0 bridgehead atoms. The van der Waals surface area contributed by atoms with Gasteiger partial charge in [-0.05, 0) is 46.6 Å². The highest BCUT2D eigenvalue weighted by molar-refractivity contribution is 9.10. The fourth-order valence-electron chi connectivity index (χ4n) is 2.09. The molecule has 0 aliphatic heterocycles. The minimum atomic E-state index is -0.191. The molecule has 2 nitrogen and oxygen atoms in total. The maximum atomic E-state index is 14.0. The van der Waals surface area contributed by atoms with E-state index in [0.29, 0.717) is 25.2 Å². The Morgan fingerprint density at radius 2 is 2.21 bits per heavy atom. The van der Waals surface area contributed by atoms with E-state index in [1.165, 1.54) is 10.9 Å². The molecule has 1 aromatic heterocycles. The third kappa shape index (κ3) is 3.55. The molecular formula is C14H16BrFN2S. The van der Waals surface area contributed by atoms with Gasteiger partial charge in [-0.1, -0.05) is 12.1 Å². The number of hydrogen-bond acceptors (Lipinski definition) is 3. The molecule has 19 heavy (non-hydrogen) atoms. The molecule has 0 saturated heterocycles. The van der Waals surface area contributed by atoms with E-state index in [-0.39, 0.29) is 5.82 Å². The second-order valence-electron chi connectivity index (χ2n) is 4.37. The summed E-state index contributed by atoms with van der Waals surface area (Å²) < 4.78 is 15.1. The van der Waals surface area contributed by atoms with Gasteiger partial charge in [0.1, 0.15) is 5.82 Å². The number of anilines is 1. The van der Waals surface area contributed by atoms with Crippen LogP contribution in [0.5, 0.6) is 0 Å². The zero-order chi connectivity index (χ0) is 13.8. The van der Waals surface area contributed by atoms with Crippen LogP contribution in [0.3, 0.4) is 0 Å². The Morgan fingerprint density at radius 1 is 1.42 bits per heavy atom. The Hall–Kier alpha value is -0.910. The second kappa shape index (κ2) is 6.50. The van der Waals surface area contributed by atoms with Crippen molar-refractivity contribution in [3.63, 3.8) is 0 Å². The predicted octanol–water partition coefficient (Wildman–Crippen LogP) is 3.79. The van der Waals surface area contributed by atoms with Gasteiger partial charge >= 0.3 is 0 Å². The fraction of sp³-hybridized carbons (Fsp3) is 0.286. The Morgan fingerprint density at radius 3 is 2.84 bits per heavy atom. The van der Waals surface area contributed by atoms with Crippen LogP contribution in [0.25, 0.3) is 0 Å². The van der Waals surface area contributed by atoms with E-state index in [2.05, 4.69) is 22.0 Å². The minimum absolute atomic E-state index is 0.191. The number of thiophene rings is 1. The Balaban J connectivity index is 2.24. The quantitative estimate of drug-likeness (QED) is 0.895. The van der Waals surface area contributed by atoms with Crippen molar-refractivity contribution >= 4 is 33.0 Å². The van der Waals surface area contributed by atoms with Gasteiger partial charge in [0.2, 0.25) is 0 Å². The lowest BCUT2D eigenvalue weighted by atomic mass is 10.1. The molecule has 2 N–H and O–H groups in total. The summed E-state index contributed by atoms with van der Waals surface area (Å²) in [6.45, 7) is 1.21. The third-order valence-corrected chi connectivity index (χ3v) is 4.56. The SMILES string of the molecule is CN(Cc1cc(Br)cs1)c1c(F)cccc1CCN. The minimum Gasteiger partial charge on any atom is -0.367 e. The molecule has 0 aliphatic rings. The van der Waals surface area contributed by atoms with Gasteiger partial charge in [-0.25, -0.2) is 4.39 Å². The smallest absolute Gasteiger partial charge is 0.146 e.